The number of rotatable bonds is 8. The molecular weight excluding hydrogens is 280 g/mol. The molecule has 0 spiro atoms. The summed E-state index contributed by atoms with van der Waals surface area (Å²) in [6.07, 6.45) is 3.17. The normalized spacial score (nSPS) is 13.2. The average Bonchev–Trinajstić information content (AvgIpc) is 2.37. The maximum atomic E-state index is 11.8. The van der Waals surface area contributed by atoms with Crippen molar-refractivity contribution in [1.29, 1.82) is 0 Å². The minimum absolute atomic E-state index is 0.302. The van der Waals surface area contributed by atoms with Crippen LogP contribution in [0.5, 0.6) is 0 Å². The molecule has 0 aromatic heterocycles. The highest BCUT2D eigenvalue weighted by molar-refractivity contribution is 7.98. The molecule has 0 aliphatic heterocycles. The number of sulfonamides is 1. The summed E-state index contributed by atoms with van der Waals surface area (Å²) in [5.74, 6) is 1.11. The second-order valence-electron chi connectivity index (χ2n) is 4.35. The fourth-order valence-corrected chi connectivity index (χ4v) is 3.29. The lowest BCUT2D eigenvalue weighted by molar-refractivity contribution is 0.584. The van der Waals surface area contributed by atoms with Crippen molar-refractivity contribution in [2.75, 3.05) is 23.9 Å². The molecule has 1 aromatic rings. The van der Waals surface area contributed by atoms with Gasteiger partial charge in [-0.3, -0.25) is 0 Å². The van der Waals surface area contributed by atoms with E-state index in [9.17, 15) is 8.42 Å². The number of benzene rings is 1. The van der Waals surface area contributed by atoms with Gasteiger partial charge < -0.3 is 5.32 Å². The van der Waals surface area contributed by atoms with Gasteiger partial charge in [0.2, 0.25) is 10.0 Å². The summed E-state index contributed by atoms with van der Waals surface area (Å²) in [5.41, 5.74) is 0.948. The van der Waals surface area contributed by atoms with Gasteiger partial charge in [0.25, 0.3) is 0 Å². The van der Waals surface area contributed by atoms with Crippen LogP contribution in [0.3, 0.4) is 0 Å². The third-order valence-electron chi connectivity index (χ3n) is 2.67. The fourth-order valence-electron chi connectivity index (χ4n) is 1.65. The van der Waals surface area contributed by atoms with Crippen molar-refractivity contribution in [3.63, 3.8) is 0 Å². The Bertz CT molecular complexity index is 472. The molecule has 4 nitrogen and oxygen atoms in total. The summed E-state index contributed by atoms with van der Waals surface area (Å²) >= 11 is 1.82. The van der Waals surface area contributed by atoms with E-state index in [1.807, 2.05) is 11.8 Å². The van der Waals surface area contributed by atoms with E-state index in [2.05, 4.69) is 23.2 Å². The van der Waals surface area contributed by atoms with Gasteiger partial charge >= 0.3 is 0 Å². The standard InChI is InChI=1S/C13H22N2O2S2/c1-4-14-19(16,17)13-7-5-12(6-8-13)15-11(2)9-10-18-3/h5-8,11,14-15H,4,9-10H2,1-3H3. The summed E-state index contributed by atoms with van der Waals surface area (Å²) in [6.45, 7) is 4.29. The molecule has 1 atom stereocenters. The SMILES string of the molecule is CCNS(=O)(=O)c1ccc(NC(C)CCSC)cc1. The molecule has 0 aliphatic rings. The fraction of sp³-hybridized carbons (Fsp3) is 0.538. The Balaban J connectivity index is 2.66. The first kappa shape index (κ1) is 16.3. The molecule has 0 amide bonds. The highest BCUT2D eigenvalue weighted by Crippen LogP contribution is 2.15. The van der Waals surface area contributed by atoms with Crippen LogP contribution in [0.15, 0.2) is 29.2 Å². The zero-order valence-corrected chi connectivity index (χ0v) is 13.3. The van der Waals surface area contributed by atoms with Gasteiger partial charge in [-0.05, 0) is 49.6 Å². The lowest BCUT2D eigenvalue weighted by atomic mass is 10.2. The average molecular weight is 302 g/mol. The minimum Gasteiger partial charge on any atom is -0.383 e. The van der Waals surface area contributed by atoms with Crippen LogP contribution in [0.2, 0.25) is 0 Å². The van der Waals surface area contributed by atoms with Gasteiger partial charge in [-0.25, -0.2) is 13.1 Å². The molecule has 1 aromatic carbocycles. The second-order valence-corrected chi connectivity index (χ2v) is 7.11. The maximum Gasteiger partial charge on any atom is 0.240 e. The van der Waals surface area contributed by atoms with E-state index in [4.69, 9.17) is 0 Å². The zero-order chi connectivity index (χ0) is 14.3. The monoisotopic (exact) mass is 302 g/mol. The van der Waals surface area contributed by atoms with E-state index in [-0.39, 0.29) is 0 Å². The molecule has 0 bridgehead atoms. The van der Waals surface area contributed by atoms with E-state index < -0.39 is 10.0 Å². The van der Waals surface area contributed by atoms with Crippen molar-refractivity contribution in [1.82, 2.24) is 4.72 Å². The summed E-state index contributed by atoms with van der Waals surface area (Å²) in [4.78, 5) is 0.302. The Labute approximate surface area is 120 Å². The molecule has 0 radical (unpaired) electrons. The van der Waals surface area contributed by atoms with Crippen molar-refractivity contribution in [2.24, 2.45) is 0 Å². The summed E-state index contributed by atoms with van der Waals surface area (Å²) in [5, 5.41) is 3.36. The first-order valence-corrected chi connectivity index (χ1v) is 9.22. The number of hydrogen-bond donors (Lipinski definition) is 2. The number of anilines is 1. The quantitative estimate of drug-likeness (QED) is 0.775. The molecule has 6 heteroatoms. The van der Waals surface area contributed by atoms with Crippen molar-refractivity contribution in [3.05, 3.63) is 24.3 Å². The topological polar surface area (TPSA) is 58.2 Å². The van der Waals surface area contributed by atoms with E-state index in [0.29, 0.717) is 17.5 Å². The smallest absolute Gasteiger partial charge is 0.240 e. The Hall–Kier alpha value is -0.720. The molecule has 108 valence electrons. The second kappa shape index (κ2) is 7.77. The highest BCUT2D eigenvalue weighted by atomic mass is 32.2. The predicted molar refractivity (Wildman–Crippen MR) is 83.4 cm³/mol. The molecule has 1 unspecified atom stereocenters. The van der Waals surface area contributed by atoms with Crippen LogP contribution in [0.1, 0.15) is 20.3 Å². The van der Waals surface area contributed by atoms with Gasteiger partial charge in [0.15, 0.2) is 0 Å². The van der Waals surface area contributed by atoms with Crippen LogP contribution in [-0.2, 0) is 10.0 Å². The van der Waals surface area contributed by atoms with Crippen LogP contribution >= 0.6 is 11.8 Å². The zero-order valence-electron chi connectivity index (χ0n) is 11.6. The van der Waals surface area contributed by atoms with E-state index in [1.54, 1.807) is 31.2 Å². The molecule has 19 heavy (non-hydrogen) atoms. The molecule has 1 rings (SSSR count). The van der Waals surface area contributed by atoms with Gasteiger partial charge in [0.05, 0.1) is 4.90 Å². The lowest BCUT2D eigenvalue weighted by Gasteiger charge is -2.15. The van der Waals surface area contributed by atoms with Crippen molar-refractivity contribution in [3.8, 4) is 0 Å². The Morgan fingerprint density at radius 3 is 2.42 bits per heavy atom. The molecule has 0 saturated carbocycles. The largest absolute Gasteiger partial charge is 0.383 e. The van der Waals surface area contributed by atoms with Crippen LogP contribution in [0.25, 0.3) is 0 Å². The van der Waals surface area contributed by atoms with Crippen LogP contribution in [-0.4, -0.2) is 33.0 Å². The predicted octanol–water partition coefficient (Wildman–Crippen LogP) is 2.54. The lowest BCUT2D eigenvalue weighted by Crippen LogP contribution is -2.23. The number of thioether (sulfide) groups is 1. The third kappa shape index (κ3) is 5.42. The van der Waals surface area contributed by atoms with Gasteiger partial charge in [-0.2, -0.15) is 11.8 Å². The van der Waals surface area contributed by atoms with E-state index >= 15 is 0 Å². The van der Waals surface area contributed by atoms with Gasteiger partial charge in [-0.1, -0.05) is 6.92 Å². The molecule has 0 heterocycles. The van der Waals surface area contributed by atoms with Gasteiger partial charge in [0.1, 0.15) is 0 Å². The summed E-state index contributed by atoms with van der Waals surface area (Å²) in [6, 6.07) is 7.24. The van der Waals surface area contributed by atoms with Gasteiger partial charge in [0, 0.05) is 18.3 Å². The number of nitrogens with one attached hydrogen (secondary N) is 2. The molecular formula is C13H22N2O2S2. The summed E-state index contributed by atoms with van der Waals surface area (Å²) < 4.78 is 26.0. The minimum atomic E-state index is -3.35. The van der Waals surface area contributed by atoms with E-state index in [1.165, 1.54) is 0 Å². The third-order valence-corrected chi connectivity index (χ3v) is 4.87. The highest BCUT2D eigenvalue weighted by Gasteiger charge is 2.12. The summed E-state index contributed by atoms with van der Waals surface area (Å²) in [7, 11) is -3.35. The Morgan fingerprint density at radius 2 is 1.89 bits per heavy atom. The Morgan fingerprint density at radius 1 is 1.26 bits per heavy atom. The van der Waals surface area contributed by atoms with Crippen molar-refractivity contribution in [2.45, 2.75) is 31.2 Å². The molecule has 0 aliphatic carbocycles. The van der Waals surface area contributed by atoms with Crippen LogP contribution in [0, 0.1) is 0 Å². The number of hydrogen-bond acceptors (Lipinski definition) is 4. The Kier molecular flexibility index (Phi) is 6.68. The molecule has 2 N–H and O–H groups in total. The van der Waals surface area contributed by atoms with Gasteiger partial charge in [-0.15, -0.1) is 0 Å². The van der Waals surface area contributed by atoms with E-state index in [0.717, 1.165) is 17.9 Å². The maximum absolute atomic E-state index is 11.8. The van der Waals surface area contributed by atoms with Crippen LogP contribution < -0.4 is 10.0 Å². The molecule has 0 saturated heterocycles. The van der Waals surface area contributed by atoms with Crippen LogP contribution in [0.4, 0.5) is 5.69 Å². The molecule has 0 fully saturated rings. The van der Waals surface area contributed by atoms with Crippen molar-refractivity contribution < 1.29 is 8.42 Å². The first-order chi connectivity index (χ1) is 8.99. The van der Waals surface area contributed by atoms with Crippen molar-refractivity contribution >= 4 is 27.5 Å². The first-order valence-electron chi connectivity index (χ1n) is 6.34.